The van der Waals surface area contributed by atoms with Crippen LogP contribution in [0, 0.1) is 5.92 Å². The van der Waals surface area contributed by atoms with Crippen LogP contribution in [-0.4, -0.2) is 41.3 Å². The summed E-state index contributed by atoms with van der Waals surface area (Å²) in [4.78, 5) is 26.3. The van der Waals surface area contributed by atoms with E-state index in [1.165, 1.54) is 18.4 Å². The Morgan fingerprint density at radius 2 is 1.94 bits per heavy atom. The summed E-state index contributed by atoms with van der Waals surface area (Å²) in [5.74, 6) is -0.114. The molecule has 0 bridgehead atoms. The molecule has 1 aliphatic heterocycles. The predicted molar refractivity (Wildman–Crippen MR) is 113 cm³/mol. The number of piperidine rings is 1. The van der Waals surface area contributed by atoms with Gasteiger partial charge in [0.15, 0.2) is 0 Å². The maximum atomic E-state index is 13.0. The zero-order valence-corrected chi connectivity index (χ0v) is 17.0. The summed E-state index contributed by atoms with van der Waals surface area (Å²) >= 11 is 0. The number of carboxylic acid groups (broad SMARTS) is 1. The third kappa shape index (κ3) is 4.34. The molecular formula is C23H23NO7. The summed E-state index contributed by atoms with van der Waals surface area (Å²) in [5, 5.41) is 20.0. The highest BCUT2D eigenvalue weighted by Crippen LogP contribution is 2.31. The van der Waals surface area contributed by atoms with E-state index in [9.17, 15) is 19.8 Å². The Hall–Kier alpha value is -3.52. The minimum absolute atomic E-state index is 0.00285. The second-order valence-corrected chi connectivity index (χ2v) is 7.56. The number of carboxylic acids is 1. The van der Waals surface area contributed by atoms with Crippen LogP contribution >= 0.6 is 0 Å². The molecule has 2 aromatic carbocycles. The first-order valence-corrected chi connectivity index (χ1v) is 9.99. The highest BCUT2D eigenvalue weighted by atomic mass is 16.5. The highest BCUT2D eigenvalue weighted by Gasteiger charge is 2.27. The largest absolute Gasteiger partial charge is 0.507 e. The Labute approximate surface area is 178 Å². The number of phenolic OH excluding ortho intramolecular Hbond substituents is 1. The average Bonchev–Trinajstić information content (AvgIpc) is 2.78. The van der Waals surface area contributed by atoms with Gasteiger partial charge in [-0.05, 0) is 55.8 Å². The van der Waals surface area contributed by atoms with Crippen LogP contribution in [0.2, 0.25) is 0 Å². The number of hydrogen-bond acceptors (Lipinski definition) is 7. The number of likely N-dealkylation sites (tertiary alicyclic amines) is 1. The van der Waals surface area contributed by atoms with Crippen molar-refractivity contribution in [3.05, 3.63) is 58.4 Å². The van der Waals surface area contributed by atoms with E-state index >= 15 is 0 Å². The van der Waals surface area contributed by atoms with Crippen molar-refractivity contribution in [1.82, 2.24) is 4.90 Å². The summed E-state index contributed by atoms with van der Waals surface area (Å²) in [6.45, 7) is 1.38. The van der Waals surface area contributed by atoms with Gasteiger partial charge in [0.2, 0.25) is 11.2 Å². The van der Waals surface area contributed by atoms with E-state index in [2.05, 4.69) is 0 Å². The first-order chi connectivity index (χ1) is 15.0. The summed E-state index contributed by atoms with van der Waals surface area (Å²) < 4.78 is 16.5. The topological polar surface area (TPSA) is 109 Å². The molecule has 2 N–H and O–H groups in total. The number of methoxy groups -OCH3 is 1. The van der Waals surface area contributed by atoms with E-state index in [1.807, 2.05) is 4.90 Å². The van der Waals surface area contributed by atoms with Crippen LogP contribution in [0.25, 0.3) is 11.0 Å². The third-order valence-corrected chi connectivity index (χ3v) is 5.51. The van der Waals surface area contributed by atoms with Gasteiger partial charge >= 0.3 is 5.97 Å². The van der Waals surface area contributed by atoms with Crippen LogP contribution < -0.4 is 14.9 Å². The van der Waals surface area contributed by atoms with Gasteiger partial charge in [-0.15, -0.1) is 0 Å². The monoisotopic (exact) mass is 425 g/mol. The van der Waals surface area contributed by atoms with Crippen molar-refractivity contribution in [2.24, 2.45) is 5.92 Å². The first kappa shape index (κ1) is 20.7. The molecule has 1 saturated heterocycles. The Kier molecular flexibility index (Phi) is 5.81. The molecule has 0 radical (unpaired) electrons. The molecule has 1 fully saturated rings. The lowest BCUT2D eigenvalue weighted by Gasteiger charge is -2.30. The maximum Gasteiger partial charge on any atom is 0.307 e. The molecule has 0 amide bonds. The van der Waals surface area contributed by atoms with Gasteiger partial charge in [-0.3, -0.25) is 14.5 Å². The molecule has 8 heteroatoms. The van der Waals surface area contributed by atoms with E-state index in [0.717, 1.165) is 6.42 Å². The Bertz CT molecular complexity index is 1150. The van der Waals surface area contributed by atoms with Crippen molar-refractivity contribution in [2.75, 3.05) is 20.2 Å². The van der Waals surface area contributed by atoms with Gasteiger partial charge in [-0.1, -0.05) is 0 Å². The van der Waals surface area contributed by atoms with Gasteiger partial charge in [-0.25, -0.2) is 0 Å². The fourth-order valence-electron chi connectivity index (χ4n) is 3.85. The number of rotatable bonds is 6. The highest BCUT2D eigenvalue weighted by molar-refractivity contribution is 5.83. The smallest absolute Gasteiger partial charge is 0.307 e. The van der Waals surface area contributed by atoms with Crippen LogP contribution in [0.3, 0.4) is 0 Å². The second kappa shape index (κ2) is 8.69. The number of aromatic hydroxyl groups is 1. The van der Waals surface area contributed by atoms with Gasteiger partial charge < -0.3 is 24.1 Å². The zero-order valence-electron chi connectivity index (χ0n) is 17.0. The van der Waals surface area contributed by atoms with Crippen LogP contribution in [0.4, 0.5) is 0 Å². The third-order valence-electron chi connectivity index (χ3n) is 5.51. The number of benzene rings is 2. The van der Waals surface area contributed by atoms with Crippen molar-refractivity contribution in [1.29, 1.82) is 0 Å². The van der Waals surface area contributed by atoms with Gasteiger partial charge in [0.05, 0.1) is 24.0 Å². The molecule has 162 valence electrons. The minimum atomic E-state index is -0.821. The maximum absolute atomic E-state index is 13.0. The van der Waals surface area contributed by atoms with E-state index in [-0.39, 0.29) is 34.4 Å². The molecule has 4 rings (SSSR count). The van der Waals surface area contributed by atoms with Crippen molar-refractivity contribution >= 4 is 16.9 Å². The van der Waals surface area contributed by atoms with E-state index in [0.29, 0.717) is 36.6 Å². The van der Waals surface area contributed by atoms with Crippen LogP contribution in [0.1, 0.15) is 18.4 Å². The molecule has 0 spiro atoms. The first-order valence-electron chi connectivity index (χ1n) is 9.99. The summed E-state index contributed by atoms with van der Waals surface area (Å²) in [6, 6.07) is 9.75. The number of aliphatic carboxylic acids is 1. The van der Waals surface area contributed by atoms with Gasteiger partial charge in [0, 0.05) is 13.1 Å². The van der Waals surface area contributed by atoms with Crippen molar-refractivity contribution < 1.29 is 28.9 Å². The zero-order chi connectivity index (χ0) is 22.0. The fraction of sp³-hybridized carbons (Fsp3) is 0.304. The fourth-order valence-corrected chi connectivity index (χ4v) is 3.85. The number of phenols is 1. The number of fused-ring (bicyclic) bond motifs is 1. The summed E-state index contributed by atoms with van der Waals surface area (Å²) in [5.41, 5.74) is 0.363. The van der Waals surface area contributed by atoms with Crippen molar-refractivity contribution in [3.8, 4) is 23.0 Å². The molecule has 2 heterocycles. The number of carbonyl (C=O) groups is 1. The van der Waals surface area contributed by atoms with Gasteiger partial charge in [0.25, 0.3) is 0 Å². The standard InChI is InChI=1S/C23H23NO7/c1-29-15-4-6-16(7-5-15)31-20-13-30-22-17(21(20)26)8-9-19(25)18(22)12-24-10-2-3-14(11-24)23(27)28/h4-9,13-14,25H,2-3,10-12H2,1H3,(H,27,28)/t14-/m1/s1. The minimum Gasteiger partial charge on any atom is -0.507 e. The molecule has 8 nitrogen and oxygen atoms in total. The van der Waals surface area contributed by atoms with Gasteiger partial charge in [-0.2, -0.15) is 0 Å². The summed E-state index contributed by atoms with van der Waals surface area (Å²) in [7, 11) is 1.56. The quantitative estimate of drug-likeness (QED) is 0.617. The molecule has 3 aromatic rings. The summed E-state index contributed by atoms with van der Waals surface area (Å²) in [6.07, 6.45) is 2.62. The molecule has 0 saturated carbocycles. The van der Waals surface area contributed by atoms with Crippen molar-refractivity contribution in [3.63, 3.8) is 0 Å². The Morgan fingerprint density at radius 1 is 1.19 bits per heavy atom. The number of nitrogens with zero attached hydrogens (tertiary/aromatic N) is 1. The van der Waals surface area contributed by atoms with Gasteiger partial charge in [0.1, 0.15) is 29.1 Å². The average molecular weight is 425 g/mol. The molecular weight excluding hydrogens is 402 g/mol. The van der Waals surface area contributed by atoms with E-state index < -0.39 is 11.9 Å². The van der Waals surface area contributed by atoms with Crippen LogP contribution in [-0.2, 0) is 11.3 Å². The van der Waals surface area contributed by atoms with E-state index in [4.69, 9.17) is 13.9 Å². The predicted octanol–water partition coefficient (Wildman–Crippen LogP) is 3.60. The van der Waals surface area contributed by atoms with E-state index in [1.54, 1.807) is 31.4 Å². The molecule has 1 atom stereocenters. The molecule has 1 aliphatic rings. The number of ether oxygens (including phenoxy) is 2. The van der Waals surface area contributed by atoms with Crippen LogP contribution in [0.5, 0.6) is 23.0 Å². The molecule has 31 heavy (non-hydrogen) atoms. The Balaban J connectivity index is 1.63. The SMILES string of the molecule is COc1ccc(Oc2coc3c(CN4CCC[C@@H](C(=O)O)C4)c(O)ccc3c2=O)cc1. The number of hydrogen-bond donors (Lipinski definition) is 2. The molecule has 0 unspecified atom stereocenters. The second-order valence-electron chi connectivity index (χ2n) is 7.56. The van der Waals surface area contributed by atoms with Crippen molar-refractivity contribution in [2.45, 2.75) is 19.4 Å². The molecule has 0 aliphatic carbocycles. The lowest BCUT2D eigenvalue weighted by molar-refractivity contribution is -0.143. The lowest BCUT2D eigenvalue weighted by atomic mass is 9.97. The lowest BCUT2D eigenvalue weighted by Crippen LogP contribution is -2.38. The Morgan fingerprint density at radius 3 is 2.65 bits per heavy atom. The normalized spacial score (nSPS) is 16.9. The van der Waals surface area contributed by atoms with Crippen LogP contribution in [0.15, 0.2) is 51.9 Å². The molecule has 1 aromatic heterocycles.